The van der Waals surface area contributed by atoms with Crippen molar-refractivity contribution in [1.82, 2.24) is 5.32 Å². The number of hydrogen-bond acceptors (Lipinski definition) is 5. The van der Waals surface area contributed by atoms with E-state index in [4.69, 9.17) is 9.84 Å². The number of carbonyl (C=O) groups excluding carboxylic acids is 2. The highest BCUT2D eigenvalue weighted by atomic mass is 16.5. The zero-order valence-corrected chi connectivity index (χ0v) is 10.7. The molecule has 0 aliphatic carbocycles. The molecule has 0 rings (SSSR count). The van der Waals surface area contributed by atoms with Crippen molar-refractivity contribution < 1.29 is 29.3 Å². The van der Waals surface area contributed by atoms with Crippen LogP contribution in [0.4, 0.5) is 0 Å². The van der Waals surface area contributed by atoms with Crippen molar-refractivity contribution in [2.45, 2.75) is 33.3 Å². The first-order chi connectivity index (χ1) is 8.16. The van der Waals surface area contributed by atoms with Crippen LogP contribution in [0.3, 0.4) is 0 Å². The molecule has 3 N–H and O–H groups in total. The summed E-state index contributed by atoms with van der Waals surface area (Å²) >= 11 is 0. The normalized spacial score (nSPS) is 12.7. The van der Waals surface area contributed by atoms with Gasteiger partial charge in [-0.1, -0.05) is 13.8 Å². The number of hydrogen-bond donors (Lipinski definition) is 3. The molecule has 0 spiro atoms. The number of carboxylic acid groups (broad SMARTS) is 1. The molecule has 1 atom stereocenters. The Kier molecular flexibility index (Phi) is 6.32. The molecule has 0 aromatic rings. The molecule has 0 aliphatic heterocycles. The molecular formula is C11H19NO6. The number of ether oxygens (including phenoxy) is 1. The second-order valence-electron chi connectivity index (χ2n) is 4.61. The van der Waals surface area contributed by atoms with Gasteiger partial charge in [0.05, 0.1) is 13.0 Å². The van der Waals surface area contributed by atoms with E-state index in [2.05, 4.69) is 5.32 Å². The monoisotopic (exact) mass is 261 g/mol. The van der Waals surface area contributed by atoms with Crippen molar-refractivity contribution in [3.63, 3.8) is 0 Å². The Labute approximate surface area is 105 Å². The first-order valence-corrected chi connectivity index (χ1v) is 5.47. The zero-order chi connectivity index (χ0) is 14.3. The van der Waals surface area contributed by atoms with Gasteiger partial charge in [-0.05, 0) is 0 Å². The molecule has 0 radical (unpaired) electrons. The van der Waals surface area contributed by atoms with Gasteiger partial charge in [-0.2, -0.15) is 0 Å². The predicted molar refractivity (Wildman–Crippen MR) is 61.7 cm³/mol. The van der Waals surface area contributed by atoms with Crippen LogP contribution in [0, 0.1) is 5.41 Å². The highest BCUT2D eigenvalue weighted by molar-refractivity contribution is 5.81. The number of nitrogens with one attached hydrogen (secondary N) is 1. The first kappa shape index (κ1) is 16.4. The fraction of sp³-hybridized carbons (Fsp3) is 0.727. The number of aliphatic hydroxyl groups is 1. The zero-order valence-electron chi connectivity index (χ0n) is 10.7. The topological polar surface area (TPSA) is 113 Å². The Morgan fingerprint density at radius 2 is 1.89 bits per heavy atom. The van der Waals surface area contributed by atoms with Crippen molar-refractivity contribution in [3.05, 3.63) is 0 Å². The number of carbonyl (C=O) groups is 3. The highest BCUT2D eigenvalue weighted by Gasteiger charge is 2.34. The summed E-state index contributed by atoms with van der Waals surface area (Å²) in [6.07, 6.45) is -1.60. The number of aliphatic hydroxyl groups excluding tert-OH is 1. The molecule has 0 saturated heterocycles. The summed E-state index contributed by atoms with van der Waals surface area (Å²) in [6, 6.07) is 0. The van der Waals surface area contributed by atoms with Crippen molar-refractivity contribution in [3.8, 4) is 0 Å². The fourth-order valence-corrected chi connectivity index (χ4v) is 1.11. The molecule has 0 aromatic heterocycles. The maximum Gasteiger partial charge on any atom is 0.305 e. The van der Waals surface area contributed by atoms with Gasteiger partial charge in [-0.25, -0.2) is 0 Å². The summed E-state index contributed by atoms with van der Waals surface area (Å²) < 4.78 is 4.75. The SMILES string of the molecule is CC(=O)OCC(C)(C)C(O)C(=O)NCCC(=O)O. The third-order valence-electron chi connectivity index (χ3n) is 2.27. The van der Waals surface area contributed by atoms with E-state index in [1.54, 1.807) is 13.8 Å². The van der Waals surface area contributed by atoms with E-state index < -0.39 is 29.4 Å². The van der Waals surface area contributed by atoms with Gasteiger partial charge >= 0.3 is 11.9 Å². The Morgan fingerprint density at radius 1 is 1.33 bits per heavy atom. The number of carboxylic acids is 1. The van der Waals surface area contributed by atoms with Gasteiger partial charge in [-0.15, -0.1) is 0 Å². The Bertz CT molecular complexity index is 325. The van der Waals surface area contributed by atoms with Crippen molar-refractivity contribution >= 4 is 17.8 Å². The van der Waals surface area contributed by atoms with Crippen LogP contribution in [0.15, 0.2) is 0 Å². The first-order valence-electron chi connectivity index (χ1n) is 5.47. The predicted octanol–water partition coefficient (Wildman–Crippen LogP) is -0.472. The van der Waals surface area contributed by atoms with Crippen molar-refractivity contribution in [1.29, 1.82) is 0 Å². The van der Waals surface area contributed by atoms with Gasteiger partial charge in [0.1, 0.15) is 6.10 Å². The molecule has 0 saturated carbocycles. The standard InChI is InChI=1S/C11H19NO6/c1-7(13)18-6-11(2,3)9(16)10(17)12-5-4-8(14)15/h9,16H,4-6H2,1-3H3,(H,12,17)(H,14,15). The molecule has 0 aromatic carbocycles. The van der Waals surface area contributed by atoms with Crippen LogP contribution in [-0.2, 0) is 19.1 Å². The van der Waals surface area contributed by atoms with E-state index in [0.717, 1.165) is 0 Å². The second kappa shape index (κ2) is 6.95. The lowest BCUT2D eigenvalue weighted by Crippen LogP contribution is -2.46. The largest absolute Gasteiger partial charge is 0.481 e. The fourth-order valence-electron chi connectivity index (χ4n) is 1.11. The average molecular weight is 261 g/mol. The molecule has 7 nitrogen and oxygen atoms in total. The van der Waals surface area contributed by atoms with Crippen LogP contribution in [0.5, 0.6) is 0 Å². The van der Waals surface area contributed by atoms with E-state index in [9.17, 15) is 19.5 Å². The molecule has 0 aliphatic rings. The molecule has 1 unspecified atom stereocenters. The van der Waals surface area contributed by atoms with Crippen LogP contribution < -0.4 is 5.32 Å². The van der Waals surface area contributed by atoms with Crippen LogP contribution in [-0.4, -0.2) is 47.3 Å². The molecule has 18 heavy (non-hydrogen) atoms. The Balaban J connectivity index is 4.24. The number of aliphatic carboxylic acids is 1. The highest BCUT2D eigenvalue weighted by Crippen LogP contribution is 2.21. The maximum absolute atomic E-state index is 11.5. The van der Waals surface area contributed by atoms with Crippen LogP contribution in [0.2, 0.25) is 0 Å². The smallest absolute Gasteiger partial charge is 0.305 e. The molecule has 104 valence electrons. The molecule has 0 fully saturated rings. The molecule has 0 heterocycles. The average Bonchev–Trinajstić information content (AvgIpc) is 2.24. The van der Waals surface area contributed by atoms with Crippen LogP contribution >= 0.6 is 0 Å². The van der Waals surface area contributed by atoms with E-state index in [-0.39, 0.29) is 19.6 Å². The molecule has 1 amide bonds. The molecule has 0 bridgehead atoms. The van der Waals surface area contributed by atoms with Crippen molar-refractivity contribution in [2.75, 3.05) is 13.2 Å². The van der Waals surface area contributed by atoms with Gasteiger partial charge in [-0.3, -0.25) is 14.4 Å². The molecular weight excluding hydrogens is 242 g/mol. The lowest BCUT2D eigenvalue weighted by Gasteiger charge is -2.28. The summed E-state index contributed by atoms with van der Waals surface area (Å²) in [5.41, 5.74) is -0.945. The van der Waals surface area contributed by atoms with Gasteiger partial charge in [0.2, 0.25) is 5.91 Å². The third-order valence-corrected chi connectivity index (χ3v) is 2.27. The number of rotatable bonds is 7. The van der Waals surface area contributed by atoms with Gasteiger partial charge in [0, 0.05) is 18.9 Å². The summed E-state index contributed by atoms with van der Waals surface area (Å²) in [5.74, 6) is -2.22. The third kappa shape index (κ3) is 6.19. The van der Waals surface area contributed by atoms with E-state index >= 15 is 0 Å². The van der Waals surface area contributed by atoms with E-state index in [0.29, 0.717) is 0 Å². The van der Waals surface area contributed by atoms with Gasteiger partial charge in [0.15, 0.2) is 0 Å². The minimum atomic E-state index is -1.38. The second-order valence-corrected chi connectivity index (χ2v) is 4.61. The number of amides is 1. The van der Waals surface area contributed by atoms with Gasteiger partial charge < -0.3 is 20.3 Å². The van der Waals surface area contributed by atoms with Crippen molar-refractivity contribution in [2.24, 2.45) is 5.41 Å². The lowest BCUT2D eigenvalue weighted by atomic mass is 9.87. The van der Waals surface area contributed by atoms with E-state index in [1.165, 1.54) is 6.92 Å². The van der Waals surface area contributed by atoms with Gasteiger partial charge in [0.25, 0.3) is 0 Å². The Morgan fingerprint density at radius 3 is 2.33 bits per heavy atom. The summed E-state index contributed by atoms with van der Waals surface area (Å²) in [7, 11) is 0. The Hall–Kier alpha value is -1.63. The minimum Gasteiger partial charge on any atom is -0.481 e. The summed E-state index contributed by atoms with van der Waals surface area (Å²) in [6.45, 7) is 4.20. The lowest BCUT2D eigenvalue weighted by molar-refractivity contribution is -0.151. The maximum atomic E-state index is 11.5. The quantitative estimate of drug-likeness (QED) is 0.534. The van der Waals surface area contributed by atoms with E-state index in [1.807, 2.05) is 0 Å². The summed E-state index contributed by atoms with van der Waals surface area (Å²) in [5, 5.41) is 20.5. The number of esters is 1. The van der Waals surface area contributed by atoms with Crippen LogP contribution in [0.25, 0.3) is 0 Å². The minimum absolute atomic E-state index is 0.0606. The van der Waals surface area contributed by atoms with Crippen LogP contribution in [0.1, 0.15) is 27.2 Å². The molecule has 7 heteroatoms. The summed E-state index contributed by atoms with van der Waals surface area (Å²) in [4.78, 5) is 32.4.